The van der Waals surface area contributed by atoms with Crippen LogP contribution in [-0.2, 0) is 0 Å². The molecule has 0 bridgehead atoms. The van der Waals surface area contributed by atoms with Crippen molar-refractivity contribution >= 4 is 0 Å². The van der Waals surface area contributed by atoms with E-state index in [9.17, 15) is 0 Å². The Morgan fingerprint density at radius 2 is 2.18 bits per heavy atom. The molecule has 0 saturated carbocycles. The quantitative estimate of drug-likeness (QED) is 0.631. The smallest absolute Gasteiger partial charge is 0.0940 e. The van der Waals surface area contributed by atoms with Gasteiger partial charge >= 0.3 is 0 Å². The van der Waals surface area contributed by atoms with Crippen LogP contribution in [0.25, 0.3) is 0 Å². The molecule has 0 aromatic heterocycles. The molecule has 0 amide bonds. The van der Waals surface area contributed by atoms with Gasteiger partial charge in [-0.3, -0.25) is 0 Å². The Morgan fingerprint density at radius 1 is 1.55 bits per heavy atom. The molecule has 0 heterocycles. The van der Waals surface area contributed by atoms with E-state index in [1.807, 2.05) is 13.1 Å². The summed E-state index contributed by atoms with van der Waals surface area (Å²) in [6.07, 6.45) is 1.92. The maximum Gasteiger partial charge on any atom is 0.0940 e. The minimum atomic E-state index is -0.297. The van der Waals surface area contributed by atoms with E-state index in [4.69, 9.17) is 11.0 Å². The molecular weight excluding hydrogens is 138 g/mol. The van der Waals surface area contributed by atoms with Crippen molar-refractivity contribution in [3.8, 4) is 6.07 Å². The molecule has 0 aliphatic rings. The van der Waals surface area contributed by atoms with E-state index in [0.29, 0.717) is 0 Å². The Bertz CT molecular complexity index is 128. The maximum atomic E-state index is 8.38. The first-order valence-electron chi connectivity index (χ1n) is 4.04. The van der Waals surface area contributed by atoms with Crippen molar-refractivity contribution in [2.75, 3.05) is 20.1 Å². The highest BCUT2D eigenvalue weighted by Crippen LogP contribution is 1.91. The number of rotatable bonds is 5. The van der Waals surface area contributed by atoms with Gasteiger partial charge in [0.15, 0.2) is 0 Å². The van der Waals surface area contributed by atoms with E-state index >= 15 is 0 Å². The number of nitrogens with zero attached hydrogens (tertiary/aromatic N) is 2. The number of nitrogens with two attached hydrogens (primary N) is 1. The Labute approximate surface area is 68.8 Å². The molecule has 0 saturated heterocycles. The predicted octanol–water partition coefficient (Wildman–Crippen LogP) is 0.569. The minimum absolute atomic E-state index is 0.297. The van der Waals surface area contributed by atoms with Gasteiger partial charge < -0.3 is 10.6 Å². The van der Waals surface area contributed by atoms with Crippen LogP contribution in [0, 0.1) is 11.3 Å². The van der Waals surface area contributed by atoms with Gasteiger partial charge in [-0.05, 0) is 26.4 Å². The molecule has 1 unspecified atom stereocenters. The van der Waals surface area contributed by atoms with E-state index in [1.54, 1.807) is 0 Å². The first-order valence-corrected chi connectivity index (χ1v) is 4.04. The van der Waals surface area contributed by atoms with Gasteiger partial charge in [0, 0.05) is 6.54 Å². The van der Waals surface area contributed by atoms with Crippen LogP contribution >= 0.6 is 0 Å². The fraction of sp³-hybridized carbons (Fsp3) is 0.875. The van der Waals surface area contributed by atoms with Crippen molar-refractivity contribution in [2.24, 2.45) is 5.73 Å². The number of nitriles is 1. The summed E-state index contributed by atoms with van der Waals surface area (Å²) in [5, 5.41) is 8.38. The standard InChI is InChI=1S/C8H17N3/c1-3-5-11(2)6-4-8(10)7-9/h8H,3-6,10H2,1-2H3. The molecule has 0 aliphatic heterocycles. The third kappa shape index (κ3) is 5.84. The molecule has 0 radical (unpaired) electrons. The van der Waals surface area contributed by atoms with Crippen molar-refractivity contribution in [1.29, 1.82) is 5.26 Å². The van der Waals surface area contributed by atoms with E-state index in [1.165, 1.54) is 0 Å². The van der Waals surface area contributed by atoms with Crippen molar-refractivity contribution in [3.05, 3.63) is 0 Å². The lowest BCUT2D eigenvalue weighted by atomic mass is 10.2. The summed E-state index contributed by atoms with van der Waals surface area (Å²) >= 11 is 0. The highest BCUT2D eigenvalue weighted by Gasteiger charge is 2.01. The molecule has 0 rings (SSSR count). The van der Waals surface area contributed by atoms with Gasteiger partial charge in [-0.15, -0.1) is 0 Å². The SMILES string of the molecule is CCCN(C)CCC(N)C#N. The molecule has 3 nitrogen and oxygen atoms in total. The van der Waals surface area contributed by atoms with Crippen LogP contribution in [0.15, 0.2) is 0 Å². The summed E-state index contributed by atoms with van der Waals surface area (Å²) in [4.78, 5) is 2.19. The molecule has 0 aromatic rings. The van der Waals surface area contributed by atoms with Gasteiger partial charge in [-0.1, -0.05) is 6.92 Å². The Hall–Kier alpha value is -0.590. The second-order valence-electron chi connectivity index (χ2n) is 2.83. The first-order chi connectivity index (χ1) is 5.20. The van der Waals surface area contributed by atoms with Crippen LogP contribution in [0.2, 0.25) is 0 Å². The maximum absolute atomic E-state index is 8.38. The van der Waals surface area contributed by atoms with Crippen LogP contribution in [0.5, 0.6) is 0 Å². The minimum Gasteiger partial charge on any atom is -0.316 e. The Kier molecular flexibility index (Phi) is 5.81. The van der Waals surface area contributed by atoms with Crippen LogP contribution in [-0.4, -0.2) is 31.1 Å². The van der Waals surface area contributed by atoms with Crippen LogP contribution < -0.4 is 5.73 Å². The van der Waals surface area contributed by atoms with Gasteiger partial charge in [0.25, 0.3) is 0 Å². The van der Waals surface area contributed by atoms with E-state index in [0.717, 1.165) is 25.9 Å². The van der Waals surface area contributed by atoms with E-state index in [2.05, 4.69) is 11.8 Å². The van der Waals surface area contributed by atoms with Crippen molar-refractivity contribution in [3.63, 3.8) is 0 Å². The van der Waals surface area contributed by atoms with Crippen LogP contribution in [0.3, 0.4) is 0 Å². The van der Waals surface area contributed by atoms with Crippen molar-refractivity contribution < 1.29 is 0 Å². The van der Waals surface area contributed by atoms with Gasteiger partial charge in [0.05, 0.1) is 12.1 Å². The fourth-order valence-electron chi connectivity index (χ4n) is 0.918. The molecule has 0 aromatic carbocycles. The van der Waals surface area contributed by atoms with Crippen LogP contribution in [0.4, 0.5) is 0 Å². The summed E-state index contributed by atoms with van der Waals surface area (Å²) in [6, 6.07) is 1.72. The average molecular weight is 155 g/mol. The molecule has 2 N–H and O–H groups in total. The summed E-state index contributed by atoms with van der Waals surface area (Å²) in [5.74, 6) is 0. The molecule has 64 valence electrons. The molecule has 0 fully saturated rings. The lowest BCUT2D eigenvalue weighted by Gasteiger charge is -2.15. The zero-order valence-corrected chi connectivity index (χ0v) is 7.38. The third-order valence-electron chi connectivity index (χ3n) is 1.59. The van der Waals surface area contributed by atoms with Crippen LogP contribution in [0.1, 0.15) is 19.8 Å². The van der Waals surface area contributed by atoms with E-state index < -0.39 is 0 Å². The van der Waals surface area contributed by atoms with Crippen molar-refractivity contribution in [1.82, 2.24) is 4.90 Å². The highest BCUT2D eigenvalue weighted by molar-refractivity contribution is 4.86. The van der Waals surface area contributed by atoms with E-state index in [-0.39, 0.29) is 6.04 Å². The lowest BCUT2D eigenvalue weighted by molar-refractivity contribution is 0.326. The Morgan fingerprint density at radius 3 is 2.64 bits per heavy atom. The average Bonchev–Trinajstić information content (AvgIpc) is 2.01. The largest absolute Gasteiger partial charge is 0.316 e. The van der Waals surface area contributed by atoms with Gasteiger partial charge in [-0.2, -0.15) is 5.26 Å². The topological polar surface area (TPSA) is 53.0 Å². The molecule has 3 heteroatoms. The van der Waals surface area contributed by atoms with Gasteiger partial charge in [0.1, 0.15) is 0 Å². The van der Waals surface area contributed by atoms with Gasteiger partial charge in [-0.25, -0.2) is 0 Å². The fourth-order valence-corrected chi connectivity index (χ4v) is 0.918. The summed E-state index contributed by atoms with van der Waals surface area (Å²) in [7, 11) is 2.05. The predicted molar refractivity (Wildman–Crippen MR) is 46.0 cm³/mol. The normalized spacial score (nSPS) is 13.0. The third-order valence-corrected chi connectivity index (χ3v) is 1.59. The summed E-state index contributed by atoms with van der Waals surface area (Å²) < 4.78 is 0. The summed E-state index contributed by atoms with van der Waals surface area (Å²) in [5.41, 5.74) is 5.43. The van der Waals surface area contributed by atoms with Crippen molar-refractivity contribution in [2.45, 2.75) is 25.8 Å². The molecule has 0 aliphatic carbocycles. The first kappa shape index (κ1) is 10.4. The summed E-state index contributed by atoms with van der Waals surface area (Å²) in [6.45, 7) is 4.14. The zero-order chi connectivity index (χ0) is 8.69. The molecule has 11 heavy (non-hydrogen) atoms. The molecular formula is C8H17N3. The highest BCUT2D eigenvalue weighted by atomic mass is 15.1. The number of hydrogen-bond acceptors (Lipinski definition) is 3. The second kappa shape index (κ2) is 6.14. The molecule has 0 spiro atoms. The number of hydrogen-bond donors (Lipinski definition) is 1. The monoisotopic (exact) mass is 155 g/mol. The second-order valence-corrected chi connectivity index (χ2v) is 2.83. The molecule has 1 atom stereocenters. The zero-order valence-electron chi connectivity index (χ0n) is 7.38. The lowest BCUT2D eigenvalue weighted by Crippen LogP contribution is -2.27. The van der Waals surface area contributed by atoms with Gasteiger partial charge in [0.2, 0.25) is 0 Å². The Balaban J connectivity index is 3.31.